The summed E-state index contributed by atoms with van der Waals surface area (Å²) >= 11 is 0. The molecule has 0 bridgehead atoms. The van der Waals surface area contributed by atoms with Gasteiger partial charge in [0.25, 0.3) is 0 Å². The molecule has 1 fully saturated rings. The van der Waals surface area contributed by atoms with Crippen LogP contribution >= 0.6 is 0 Å². The maximum absolute atomic E-state index is 14.9. The lowest BCUT2D eigenvalue weighted by Crippen LogP contribution is -2.32. The van der Waals surface area contributed by atoms with Crippen molar-refractivity contribution in [2.24, 2.45) is 5.92 Å². The SMILES string of the molecule is COCOc1cc(OC)cc2c1C(=O)O[C@@H](C)[C@H](C)/C=C(/F)C(=O)C1OC(C)(C)OC1C/C=C/2. The summed E-state index contributed by atoms with van der Waals surface area (Å²) in [6.45, 7) is 6.52. The molecular weight excluding hydrogens is 447 g/mol. The first-order valence-corrected chi connectivity index (χ1v) is 11.0. The van der Waals surface area contributed by atoms with Gasteiger partial charge in [-0.25, -0.2) is 9.18 Å². The van der Waals surface area contributed by atoms with Crippen LogP contribution in [0.5, 0.6) is 11.5 Å². The van der Waals surface area contributed by atoms with E-state index in [9.17, 15) is 14.0 Å². The second-order valence-corrected chi connectivity index (χ2v) is 8.72. The molecule has 4 atom stereocenters. The number of hydrogen-bond acceptors (Lipinski definition) is 8. The number of ketones is 1. The number of methoxy groups -OCH3 is 2. The number of ether oxygens (including phenoxy) is 6. The monoisotopic (exact) mass is 478 g/mol. The summed E-state index contributed by atoms with van der Waals surface area (Å²) in [6, 6.07) is 3.24. The third-order valence-corrected chi connectivity index (χ3v) is 5.66. The van der Waals surface area contributed by atoms with Crippen molar-refractivity contribution in [3.63, 3.8) is 0 Å². The normalized spacial score (nSPS) is 29.7. The Hall–Kier alpha value is -2.75. The summed E-state index contributed by atoms with van der Waals surface area (Å²) in [5.41, 5.74) is 0.654. The minimum atomic E-state index is -1.10. The van der Waals surface area contributed by atoms with Gasteiger partial charge in [-0.2, -0.15) is 0 Å². The van der Waals surface area contributed by atoms with Crippen LogP contribution < -0.4 is 9.47 Å². The summed E-state index contributed by atoms with van der Waals surface area (Å²) in [7, 11) is 2.96. The zero-order valence-electron chi connectivity index (χ0n) is 20.3. The number of hydrogen-bond donors (Lipinski definition) is 0. The minimum Gasteiger partial charge on any atom is -0.497 e. The molecule has 0 aromatic heterocycles. The predicted molar refractivity (Wildman–Crippen MR) is 121 cm³/mol. The molecule has 186 valence electrons. The van der Waals surface area contributed by atoms with Crippen molar-refractivity contribution in [3.05, 3.63) is 41.2 Å². The molecule has 2 aliphatic rings. The summed E-state index contributed by atoms with van der Waals surface area (Å²) in [5, 5.41) is 0. The molecule has 34 heavy (non-hydrogen) atoms. The number of halogens is 1. The van der Waals surface area contributed by atoms with Gasteiger partial charge in [0.2, 0.25) is 5.78 Å². The Morgan fingerprint density at radius 2 is 1.88 bits per heavy atom. The van der Waals surface area contributed by atoms with Gasteiger partial charge < -0.3 is 28.4 Å². The smallest absolute Gasteiger partial charge is 0.342 e. The van der Waals surface area contributed by atoms with E-state index in [4.69, 9.17) is 28.4 Å². The summed E-state index contributed by atoms with van der Waals surface area (Å²) < 4.78 is 48.0. The Morgan fingerprint density at radius 3 is 2.56 bits per heavy atom. The van der Waals surface area contributed by atoms with E-state index in [-0.39, 0.29) is 24.5 Å². The van der Waals surface area contributed by atoms with E-state index in [2.05, 4.69) is 0 Å². The Bertz CT molecular complexity index is 983. The number of fused-ring (bicyclic) bond motifs is 2. The van der Waals surface area contributed by atoms with Crippen molar-refractivity contribution >= 4 is 17.8 Å². The molecule has 2 aliphatic heterocycles. The molecular formula is C25H31FO8. The van der Waals surface area contributed by atoms with Gasteiger partial charge in [0.05, 0.1) is 13.2 Å². The first-order chi connectivity index (χ1) is 16.1. The number of benzene rings is 1. The van der Waals surface area contributed by atoms with E-state index in [1.54, 1.807) is 52.0 Å². The van der Waals surface area contributed by atoms with Crippen molar-refractivity contribution < 1.29 is 42.4 Å². The van der Waals surface area contributed by atoms with Crippen molar-refractivity contribution in [3.8, 4) is 11.5 Å². The highest BCUT2D eigenvalue weighted by molar-refractivity contribution is 5.98. The molecule has 0 saturated carbocycles. The van der Waals surface area contributed by atoms with Crippen LogP contribution in [0.1, 0.15) is 50.0 Å². The lowest BCUT2D eigenvalue weighted by atomic mass is 9.99. The molecule has 2 heterocycles. The van der Waals surface area contributed by atoms with Crippen molar-refractivity contribution in [2.75, 3.05) is 21.0 Å². The van der Waals surface area contributed by atoms with Crippen LogP contribution in [0.25, 0.3) is 6.08 Å². The zero-order valence-corrected chi connectivity index (χ0v) is 20.3. The van der Waals surface area contributed by atoms with Crippen LogP contribution in [-0.2, 0) is 23.7 Å². The Kier molecular flexibility index (Phi) is 8.12. The Labute approximate surface area is 198 Å². The van der Waals surface area contributed by atoms with E-state index in [0.29, 0.717) is 11.3 Å². The number of esters is 1. The van der Waals surface area contributed by atoms with E-state index >= 15 is 0 Å². The molecule has 9 heteroatoms. The average molecular weight is 479 g/mol. The zero-order chi connectivity index (χ0) is 25.0. The molecule has 0 spiro atoms. The Balaban J connectivity index is 2.10. The maximum atomic E-state index is 14.9. The predicted octanol–water partition coefficient (Wildman–Crippen LogP) is 4.22. The van der Waals surface area contributed by atoms with Crippen LogP contribution in [0.2, 0.25) is 0 Å². The van der Waals surface area contributed by atoms with Crippen LogP contribution in [-0.4, -0.2) is 56.9 Å². The maximum Gasteiger partial charge on any atom is 0.342 e. The van der Waals surface area contributed by atoms with Crippen LogP contribution in [0, 0.1) is 5.92 Å². The van der Waals surface area contributed by atoms with E-state index in [1.165, 1.54) is 14.2 Å². The van der Waals surface area contributed by atoms with E-state index in [1.807, 2.05) is 0 Å². The highest BCUT2D eigenvalue weighted by Gasteiger charge is 2.45. The van der Waals surface area contributed by atoms with E-state index in [0.717, 1.165) is 6.08 Å². The highest BCUT2D eigenvalue weighted by atomic mass is 19.1. The van der Waals surface area contributed by atoms with Crippen LogP contribution in [0.3, 0.4) is 0 Å². The molecule has 1 aromatic rings. The van der Waals surface area contributed by atoms with Gasteiger partial charge in [0, 0.05) is 19.1 Å². The molecule has 0 radical (unpaired) electrons. The second kappa shape index (κ2) is 10.7. The van der Waals surface area contributed by atoms with Crippen molar-refractivity contribution in [1.82, 2.24) is 0 Å². The van der Waals surface area contributed by atoms with Crippen LogP contribution in [0.4, 0.5) is 4.39 Å². The summed E-state index contributed by atoms with van der Waals surface area (Å²) in [6.07, 6.45) is 2.23. The first-order valence-electron chi connectivity index (χ1n) is 11.0. The van der Waals surface area contributed by atoms with Crippen LogP contribution in [0.15, 0.2) is 30.1 Å². The van der Waals surface area contributed by atoms with Gasteiger partial charge in [0.15, 0.2) is 24.5 Å². The average Bonchev–Trinajstić information content (AvgIpc) is 3.09. The fourth-order valence-electron chi connectivity index (χ4n) is 3.79. The number of cyclic esters (lactones) is 1. The number of Topliss-reactive ketones (excluding diaryl/α,β-unsaturated/α-hetero) is 1. The van der Waals surface area contributed by atoms with Gasteiger partial charge in [0.1, 0.15) is 23.2 Å². The molecule has 0 amide bonds. The van der Waals surface area contributed by atoms with Gasteiger partial charge in [-0.05, 0) is 44.9 Å². The standard InChI is InChI=1S/C25H31FO8/c1-14-10-18(26)22(27)23-19(33-25(3,4)34-23)9-7-8-16-11-17(30-6)12-20(31-13-29-5)21(16)24(28)32-15(14)2/h7-8,10-12,14-15,19,23H,9,13H2,1-6H3/b8-7+,18-10+/t14-,15+,19?,23?/m1/s1. The molecule has 1 aromatic carbocycles. The van der Waals surface area contributed by atoms with E-state index < -0.39 is 47.6 Å². The largest absolute Gasteiger partial charge is 0.497 e. The highest BCUT2D eigenvalue weighted by Crippen LogP contribution is 2.35. The molecule has 0 N–H and O–H groups in total. The van der Waals surface area contributed by atoms with Crippen molar-refractivity contribution in [1.29, 1.82) is 0 Å². The lowest BCUT2D eigenvalue weighted by molar-refractivity contribution is -0.153. The molecule has 2 unspecified atom stereocenters. The minimum absolute atomic E-state index is 0.0946. The molecule has 1 saturated heterocycles. The molecule has 3 rings (SSSR count). The third-order valence-electron chi connectivity index (χ3n) is 5.66. The first kappa shape index (κ1) is 25.9. The number of rotatable bonds is 4. The van der Waals surface area contributed by atoms with Gasteiger partial charge in [-0.1, -0.05) is 19.1 Å². The quantitative estimate of drug-likeness (QED) is 0.470. The van der Waals surface area contributed by atoms with Gasteiger partial charge in [-0.15, -0.1) is 0 Å². The van der Waals surface area contributed by atoms with Gasteiger partial charge in [-0.3, -0.25) is 4.79 Å². The van der Waals surface area contributed by atoms with Crippen molar-refractivity contribution in [2.45, 2.75) is 58.2 Å². The molecule has 0 aliphatic carbocycles. The molecule has 8 nitrogen and oxygen atoms in total. The summed E-state index contributed by atoms with van der Waals surface area (Å²) in [4.78, 5) is 26.0. The third kappa shape index (κ3) is 5.84. The number of carbonyl (C=O) groups is 2. The topological polar surface area (TPSA) is 89.5 Å². The Morgan fingerprint density at radius 1 is 1.15 bits per heavy atom. The fourth-order valence-corrected chi connectivity index (χ4v) is 3.79. The number of carbonyl (C=O) groups excluding carboxylic acids is 2. The van der Waals surface area contributed by atoms with Gasteiger partial charge >= 0.3 is 5.97 Å². The lowest BCUT2D eigenvalue weighted by Gasteiger charge is -2.21. The summed E-state index contributed by atoms with van der Waals surface area (Å²) in [5.74, 6) is -3.38. The second-order valence-electron chi connectivity index (χ2n) is 8.72. The fraction of sp³-hybridized carbons (Fsp3) is 0.520.